The minimum absolute atomic E-state index is 0.0436. The Kier molecular flexibility index (Phi) is 4.20. The molecular formula is C11H20N4O2. The number of aliphatic carboxylic acids is 1. The van der Waals surface area contributed by atoms with Crippen molar-refractivity contribution in [1.29, 1.82) is 0 Å². The van der Waals surface area contributed by atoms with Crippen molar-refractivity contribution in [2.45, 2.75) is 47.1 Å². The molecule has 0 aliphatic rings. The predicted molar refractivity (Wildman–Crippen MR) is 62.4 cm³/mol. The van der Waals surface area contributed by atoms with Gasteiger partial charge in [0.1, 0.15) is 0 Å². The van der Waals surface area contributed by atoms with E-state index in [1.807, 2.05) is 0 Å². The highest BCUT2D eigenvalue weighted by Gasteiger charge is 2.22. The molecule has 1 aromatic rings. The molecule has 0 aliphatic carbocycles. The number of hydrogen-bond donors (Lipinski definition) is 1. The van der Waals surface area contributed by atoms with Crippen LogP contribution in [0.4, 0.5) is 0 Å². The standard InChI is InChI=1S/C11H20N4O2/c1-8(11(2,3)4)7-9-12-13-14-15(9)6-5-10(16)17/h8H,5-7H2,1-4H3,(H,16,17). The van der Waals surface area contributed by atoms with Crippen molar-refractivity contribution in [1.82, 2.24) is 20.2 Å². The molecule has 1 N–H and O–H groups in total. The van der Waals surface area contributed by atoms with Gasteiger partial charge >= 0.3 is 5.97 Å². The topological polar surface area (TPSA) is 80.9 Å². The SMILES string of the molecule is CC(Cc1nnnn1CCC(=O)O)C(C)(C)C. The van der Waals surface area contributed by atoms with E-state index in [0.29, 0.717) is 12.5 Å². The Morgan fingerprint density at radius 3 is 2.65 bits per heavy atom. The van der Waals surface area contributed by atoms with Crippen molar-refractivity contribution < 1.29 is 9.90 Å². The average molecular weight is 240 g/mol. The van der Waals surface area contributed by atoms with E-state index in [2.05, 4.69) is 43.2 Å². The summed E-state index contributed by atoms with van der Waals surface area (Å²) >= 11 is 0. The molecule has 17 heavy (non-hydrogen) atoms. The Hall–Kier alpha value is -1.46. The molecule has 1 heterocycles. The van der Waals surface area contributed by atoms with Crippen LogP contribution in [-0.2, 0) is 17.8 Å². The first-order valence-electron chi connectivity index (χ1n) is 5.77. The van der Waals surface area contributed by atoms with Gasteiger partial charge in [-0.1, -0.05) is 27.7 Å². The van der Waals surface area contributed by atoms with E-state index in [9.17, 15) is 4.79 Å². The molecule has 0 saturated heterocycles. The van der Waals surface area contributed by atoms with Crippen molar-refractivity contribution in [3.8, 4) is 0 Å². The van der Waals surface area contributed by atoms with Crippen LogP contribution in [0.25, 0.3) is 0 Å². The van der Waals surface area contributed by atoms with Crippen LogP contribution in [0.15, 0.2) is 0 Å². The maximum atomic E-state index is 10.5. The van der Waals surface area contributed by atoms with E-state index in [-0.39, 0.29) is 11.8 Å². The molecule has 1 unspecified atom stereocenters. The van der Waals surface area contributed by atoms with Gasteiger partial charge in [-0.3, -0.25) is 4.79 Å². The molecule has 0 amide bonds. The second-order valence-corrected chi connectivity index (χ2v) is 5.43. The lowest BCUT2D eigenvalue weighted by atomic mass is 9.80. The first-order chi connectivity index (χ1) is 7.80. The zero-order chi connectivity index (χ0) is 13.1. The smallest absolute Gasteiger partial charge is 0.305 e. The molecule has 6 nitrogen and oxygen atoms in total. The Morgan fingerprint density at radius 2 is 2.12 bits per heavy atom. The highest BCUT2D eigenvalue weighted by atomic mass is 16.4. The maximum absolute atomic E-state index is 10.5. The summed E-state index contributed by atoms with van der Waals surface area (Å²) in [7, 11) is 0. The Labute approximate surface area is 101 Å². The van der Waals surface area contributed by atoms with Gasteiger partial charge in [0.15, 0.2) is 5.82 Å². The summed E-state index contributed by atoms with van der Waals surface area (Å²) in [6, 6.07) is 0. The van der Waals surface area contributed by atoms with Gasteiger partial charge in [-0.2, -0.15) is 0 Å². The normalized spacial score (nSPS) is 13.6. The lowest BCUT2D eigenvalue weighted by Crippen LogP contribution is -2.22. The molecule has 0 aromatic carbocycles. The quantitative estimate of drug-likeness (QED) is 0.840. The van der Waals surface area contributed by atoms with Gasteiger partial charge in [-0.25, -0.2) is 4.68 Å². The largest absolute Gasteiger partial charge is 0.481 e. The second kappa shape index (κ2) is 5.25. The number of tetrazole rings is 1. The lowest BCUT2D eigenvalue weighted by molar-refractivity contribution is -0.137. The van der Waals surface area contributed by atoms with Crippen LogP contribution >= 0.6 is 0 Å². The number of carbonyl (C=O) groups is 1. The molecule has 0 bridgehead atoms. The van der Waals surface area contributed by atoms with Crippen LogP contribution in [0.5, 0.6) is 0 Å². The van der Waals surface area contributed by atoms with Gasteiger partial charge in [0.25, 0.3) is 0 Å². The third-order valence-corrected chi connectivity index (χ3v) is 3.11. The minimum atomic E-state index is -0.838. The van der Waals surface area contributed by atoms with Gasteiger partial charge in [-0.05, 0) is 21.8 Å². The number of rotatable bonds is 5. The first-order valence-corrected chi connectivity index (χ1v) is 5.77. The summed E-state index contributed by atoms with van der Waals surface area (Å²) in [5.74, 6) is 0.348. The fraction of sp³-hybridized carbons (Fsp3) is 0.818. The van der Waals surface area contributed by atoms with Crippen molar-refractivity contribution in [2.75, 3.05) is 0 Å². The third-order valence-electron chi connectivity index (χ3n) is 3.11. The monoisotopic (exact) mass is 240 g/mol. The van der Waals surface area contributed by atoms with E-state index < -0.39 is 5.97 Å². The zero-order valence-electron chi connectivity index (χ0n) is 10.8. The second-order valence-electron chi connectivity index (χ2n) is 5.43. The van der Waals surface area contributed by atoms with E-state index >= 15 is 0 Å². The van der Waals surface area contributed by atoms with Crippen LogP contribution < -0.4 is 0 Å². The van der Waals surface area contributed by atoms with Crippen molar-refractivity contribution in [3.05, 3.63) is 5.82 Å². The number of hydrogen-bond acceptors (Lipinski definition) is 4. The van der Waals surface area contributed by atoms with Crippen LogP contribution in [0.1, 0.15) is 39.9 Å². The molecule has 1 atom stereocenters. The molecule has 6 heteroatoms. The maximum Gasteiger partial charge on any atom is 0.305 e. The van der Waals surface area contributed by atoms with Crippen LogP contribution in [0.2, 0.25) is 0 Å². The Morgan fingerprint density at radius 1 is 1.47 bits per heavy atom. The van der Waals surface area contributed by atoms with Gasteiger partial charge in [0.2, 0.25) is 0 Å². The van der Waals surface area contributed by atoms with Gasteiger partial charge in [0.05, 0.1) is 13.0 Å². The number of carboxylic acids is 1. The molecule has 1 aromatic heterocycles. The summed E-state index contributed by atoms with van der Waals surface area (Å²) in [5, 5.41) is 20.0. The van der Waals surface area contributed by atoms with Gasteiger partial charge in [0, 0.05) is 6.42 Å². The molecule has 0 fully saturated rings. The zero-order valence-corrected chi connectivity index (χ0v) is 10.8. The highest BCUT2D eigenvalue weighted by molar-refractivity contribution is 5.66. The molecule has 0 aliphatic heterocycles. The van der Waals surface area contributed by atoms with Crippen LogP contribution in [-0.4, -0.2) is 31.3 Å². The summed E-state index contributed by atoms with van der Waals surface area (Å²) < 4.78 is 1.58. The molecule has 1 rings (SSSR count). The molecular weight excluding hydrogens is 220 g/mol. The van der Waals surface area contributed by atoms with Gasteiger partial charge < -0.3 is 5.11 Å². The predicted octanol–water partition coefficient (Wildman–Crippen LogP) is 1.37. The van der Waals surface area contributed by atoms with Crippen molar-refractivity contribution in [2.24, 2.45) is 11.3 Å². The van der Waals surface area contributed by atoms with Crippen molar-refractivity contribution in [3.63, 3.8) is 0 Å². The fourth-order valence-corrected chi connectivity index (χ4v) is 1.32. The third kappa shape index (κ3) is 4.13. The number of carboxylic acid groups (broad SMARTS) is 1. The van der Waals surface area contributed by atoms with Gasteiger partial charge in [-0.15, -0.1) is 5.10 Å². The summed E-state index contributed by atoms with van der Waals surface area (Å²) in [6.07, 6.45) is 0.804. The van der Waals surface area contributed by atoms with Crippen LogP contribution in [0, 0.1) is 11.3 Å². The first kappa shape index (κ1) is 13.6. The van der Waals surface area contributed by atoms with E-state index in [4.69, 9.17) is 5.11 Å². The Bertz CT molecular complexity index is 381. The van der Waals surface area contributed by atoms with Crippen molar-refractivity contribution >= 4 is 5.97 Å². The molecule has 96 valence electrons. The molecule has 0 saturated carbocycles. The van der Waals surface area contributed by atoms with Crippen LogP contribution in [0.3, 0.4) is 0 Å². The van der Waals surface area contributed by atoms with E-state index in [1.54, 1.807) is 4.68 Å². The summed E-state index contributed by atoms with van der Waals surface area (Å²) in [5.41, 5.74) is 0.184. The number of aryl methyl sites for hydroxylation is 1. The van der Waals surface area contributed by atoms with E-state index in [1.165, 1.54) is 0 Å². The lowest BCUT2D eigenvalue weighted by Gasteiger charge is -2.26. The summed E-state index contributed by atoms with van der Waals surface area (Å²) in [4.78, 5) is 10.5. The summed E-state index contributed by atoms with van der Waals surface area (Å²) in [6.45, 7) is 8.99. The highest BCUT2D eigenvalue weighted by Crippen LogP contribution is 2.27. The molecule has 0 radical (unpaired) electrons. The number of nitrogens with zero attached hydrogens (tertiary/aromatic N) is 4. The minimum Gasteiger partial charge on any atom is -0.481 e. The van der Waals surface area contributed by atoms with E-state index in [0.717, 1.165) is 12.2 Å². The molecule has 0 spiro atoms. The fourth-order valence-electron chi connectivity index (χ4n) is 1.32. The average Bonchev–Trinajstić information content (AvgIpc) is 2.60. The Balaban J connectivity index is 2.66. The number of aromatic nitrogens is 4.